The van der Waals surface area contributed by atoms with Crippen molar-refractivity contribution < 1.29 is 9.84 Å². The molecule has 1 heterocycles. The molecule has 1 aromatic heterocycles. The molecule has 0 aliphatic rings. The van der Waals surface area contributed by atoms with E-state index in [1.807, 2.05) is 60.7 Å². The third-order valence-corrected chi connectivity index (χ3v) is 6.48. The first-order valence-electron chi connectivity index (χ1n) is 9.97. The van der Waals surface area contributed by atoms with Crippen LogP contribution in [0.15, 0.2) is 80.8 Å². The first-order chi connectivity index (χ1) is 16.5. The first kappa shape index (κ1) is 23.5. The molecule has 4 N–H and O–H groups in total. The van der Waals surface area contributed by atoms with Crippen molar-refractivity contribution in [2.75, 3.05) is 23.2 Å². The summed E-state index contributed by atoms with van der Waals surface area (Å²) < 4.78 is 6.52. The first-order valence-corrected chi connectivity index (χ1v) is 11.6. The number of ether oxygens (including phenoxy) is 1. The fourth-order valence-corrected chi connectivity index (χ4v) is 3.71. The highest BCUT2D eigenvalue weighted by Crippen LogP contribution is 2.39. The predicted molar refractivity (Wildman–Crippen MR) is 141 cm³/mol. The molecule has 9 nitrogen and oxygen atoms in total. The summed E-state index contributed by atoms with van der Waals surface area (Å²) in [5.74, 6) is 1.09. The van der Waals surface area contributed by atoms with E-state index in [2.05, 4.69) is 68.0 Å². The Bertz CT molecular complexity index is 1250. The molecule has 0 saturated carbocycles. The Morgan fingerprint density at radius 1 is 0.853 bits per heavy atom. The number of nitrogens with zero attached hydrogens (tertiary/aromatic N) is 4. The molecule has 3 aromatic carbocycles. The van der Waals surface area contributed by atoms with Crippen molar-refractivity contribution in [3.8, 4) is 11.5 Å². The second kappa shape index (κ2) is 10.9. The van der Waals surface area contributed by atoms with Gasteiger partial charge in [0.15, 0.2) is 11.5 Å². The molecule has 11 heteroatoms. The molecular formula is C23H19Br2N7O2. The van der Waals surface area contributed by atoms with E-state index < -0.39 is 0 Å². The Balaban J connectivity index is 1.62. The molecule has 34 heavy (non-hydrogen) atoms. The van der Waals surface area contributed by atoms with Gasteiger partial charge in [0, 0.05) is 20.3 Å². The molecule has 0 fully saturated rings. The van der Waals surface area contributed by atoms with Crippen LogP contribution in [-0.4, -0.2) is 33.4 Å². The Morgan fingerprint density at radius 2 is 1.38 bits per heavy atom. The summed E-state index contributed by atoms with van der Waals surface area (Å²) in [6, 6.07) is 20.7. The van der Waals surface area contributed by atoms with Crippen LogP contribution in [0.2, 0.25) is 0 Å². The van der Waals surface area contributed by atoms with Gasteiger partial charge in [0.1, 0.15) is 0 Å². The van der Waals surface area contributed by atoms with Crippen LogP contribution in [0, 0.1) is 0 Å². The molecular weight excluding hydrogens is 566 g/mol. The Morgan fingerprint density at radius 3 is 1.91 bits per heavy atom. The van der Waals surface area contributed by atoms with E-state index in [1.54, 1.807) is 6.07 Å². The molecule has 0 unspecified atom stereocenters. The lowest BCUT2D eigenvalue weighted by Crippen LogP contribution is -2.07. The fraction of sp³-hybridized carbons (Fsp3) is 0.0435. The average Bonchev–Trinajstić information content (AvgIpc) is 2.85. The van der Waals surface area contributed by atoms with Gasteiger partial charge in [-0.3, -0.25) is 0 Å². The minimum atomic E-state index is -0.0587. The minimum absolute atomic E-state index is 0.0587. The maximum absolute atomic E-state index is 10.5. The van der Waals surface area contributed by atoms with Crippen LogP contribution in [-0.2, 0) is 0 Å². The highest BCUT2D eigenvalue weighted by atomic mass is 79.9. The van der Waals surface area contributed by atoms with Gasteiger partial charge in [-0.1, -0.05) is 36.4 Å². The standard InChI is InChI=1S/C23H19Br2N7O2/c1-34-18-12-17(24)19(25)16(20(18)33)13-26-32-23-30-21(27-14-8-4-2-5-9-14)29-22(31-23)28-15-10-6-3-7-11-15/h2-13,33H,1H3,(H3,27,28,29,30,31,32). The lowest BCUT2D eigenvalue weighted by Gasteiger charge is -2.11. The Labute approximate surface area is 212 Å². The summed E-state index contributed by atoms with van der Waals surface area (Å²) in [7, 11) is 1.47. The number of phenols is 1. The zero-order valence-electron chi connectivity index (χ0n) is 17.8. The summed E-state index contributed by atoms with van der Waals surface area (Å²) in [6.07, 6.45) is 1.44. The van der Waals surface area contributed by atoms with Crippen molar-refractivity contribution in [2.45, 2.75) is 0 Å². The summed E-state index contributed by atoms with van der Waals surface area (Å²) in [5.41, 5.74) is 4.86. The van der Waals surface area contributed by atoms with Crippen molar-refractivity contribution in [3.63, 3.8) is 0 Å². The van der Waals surface area contributed by atoms with Crippen molar-refractivity contribution in [2.24, 2.45) is 5.10 Å². The molecule has 0 saturated heterocycles. The third-order valence-electron chi connectivity index (χ3n) is 4.47. The van der Waals surface area contributed by atoms with Gasteiger partial charge in [-0.2, -0.15) is 20.1 Å². The number of hydrogen-bond acceptors (Lipinski definition) is 9. The van der Waals surface area contributed by atoms with E-state index in [4.69, 9.17) is 4.74 Å². The summed E-state index contributed by atoms with van der Waals surface area (Å²) in [4.78, 5) is 13.2. The monoisotopic (exact) mass is 583 g/mol. The van der Waals surface area contributed by atoms with Crippen molar-refractivity contribution in [1.29, 1.82) is 0 Å². The largest absolute Gasteiger partial charge is 0.504 e. The minimum Gasteiger partial charge on any atom is -0.504 e. The van der Waals surface area contributed by atoms with E-state index >= 15 is 0 Å². The van der Waals surface area contributed by atoms with Gasteiger partial charge in [0.05, 0.1) is 18.9 Å². The molecule has 4 rings (SSSR count). The van der Waals surface area contributed by atoms with Gasteiger partial charge in [-0.05, 0) is 62.2 Å². The maximum atomic E-state index is 10.5. The summed E-state index contributed by atoms with van der Waals surface area (Å²) >= 11 is 6.86. The number of benzene rings is 3. The molecule has 0 atom stereocenters. The lowest BCUT2D eigenvalue weighted by molar-refractivity contribution is 0.372. The van der Waals surface area contributed by atoms with Gasteiger partial charge >= 0.3 is 0 Å². The molecule has 0 bridgehead atoms. The van der Waals surface area contributed by atoms with Crippen LogP contribution in [0.4, 0.5) is 29.2 Å². The normalized spacial score (nSPS) is 10.8. The van der Waals surface area contributed by atoms with E-state index in [0.29, 0.717) is 32.2 Å². The number of anilines is 5. The molecule has 0 amide bonds. The van der Waals surface area contributed by atoms with Crippen molar-refractivity contribution >= 4 is 67.3 Å². The van der Waals surface area contributed by atoms with Crippen LogP contribution in [0.5, 0.6) is 11.5 Å². The number of para-hydroxylation sites is 2. The number of hydrazone groups is 1. The van der Waals surface area contributed by atoms with Crippen LogP contribution < -0.4 is 20.8 Å². The highest BCUT2D eigenvalue weighted by molar-refractivity contribution is 9.13. The van der Waals surface area contributed by atoms with Crippen molar-refractivity contribution in [1.82, 2.24) is 15.0 Å². The Kier molecular flexibility index (Phi) is 7.55. The quantitative estimate of drug-likeness (QED) is 0.146. The number of hydrogen-bond donors (Lipinski definition) is 4. The summed E-state index contributed by atoms with van der Waals surface area (Å²) in [6.45, 7) is 0. The second-order valence-electron chi connectivity index (χ2n) is 6.80. The van der Waals surface area contributed by atoms with Gasteiger partial charge in [-0.15, -0.1) is 0 Å². The number of aromatic hydroxyl groups is 1. The second-order valence-corrected chi connectivity index (χ2v) is 8.44. The van der Waals surface area contributed by atoms with Crippen molar-refractivity contribution in [3.05, 3.63) is 81.2 Å². The SMILES string of the molecule is COc1cc(Br)c(Br)c(C=NNc2nc(Nc3ccccc3)nc(Nc3ccccc3)n2)c1O. The van der Waals surface area contributed by atoms with E-state index in [1.165, 1.54) is 13.3 Å². The Hall–Kier alpha value is -3.70. The molecule has 172 valence electrons. The fourth-order valence-electron chi connectivity index (χ4n) is 2.88. The number of nitrogens with one attached hydrogen (secondary N) is 3. The van der Waals surface area contributed by atoms with Crippen LogP contribution in [0.25, 0.3) is 0 Å². The van der Waals surface area contributed by atoms with Gasteiger partial charge < -0.3 is 20.5 Å². The predicted octanol–water partition coefficient (Wildman–Crippen LogP) is 6.04. The van der Waals surface area contributed by atoms with Crippen LogP contribution >= 0.6 is 31.9 Å². The number of rotatable bonds is 8. The molecule has 0 spiro atoms. The zero-order chi connectivity index (χ0) is 23.9. The maximum Gasteiger partial charge on any atom is 0.250 e. The van der Waals surface area contributed by atoms with Gasteiger partial charge in [-0.25, -0.2) is 5.43 Å². The van der Waals surface area contributed by atoms with Gasteiger partial charge in [0.2, 0.25) is 17.8 Å². The number of phenolic OH excluding ortho intramolecular Hbond substituents is 1. The van der Waals surface area contributed by atoms with Crippen LogP contribution in [0.1, 0.15) is 5.56 Å². The average molecular weight is 585 g/mol. The van der Waals surface area contributed by atoms with Gasteiger partial charge in [0.25, 0.3) is 0 Å². The lowest BCUT2D eigenvalue weighted by atomic mass is 10.2. The van der Waals surface area contributed by atoms with E-state index in [0.717, 1.165) is 11.4 Å². The van der Waals surface area contributed by atoms with Crippen LogP contribution in [0.3, 0.4) is 0 Å². The zero-order valence-corrected chi connectivity index (χ0v) is 21.0. The number of aromatic nitrogens is 3. The molecule has 0 aliphatic carbocycles. The third kappa shape index (κ3) is 5.80. The highest BCUT2D eigenvalue weighted by Gasteiger charge is 2.14. The number of methoxy groups -OCH3 is 1. The number of halogens is 2. The smallest absolute Gasteiger partial charge is 0.250 e. The topological polar surface area (TPSA) is 117 Å². The molecule has 4 aromatic rings. The molecule has 0 radical (unpaired) electrons. The van der Waals surface area contributed by atoms with E-state index in [-0.39, 0.29) is 11.7 Å². The van der Waals surface area contributed by atoms with E-state index in [9.17, 15) is 5.11 Å². The molecule has 0 aliphatic heterocycles. The summed E-state index contributed by atoms with van der Waals surface area (Å²) in [5, 5.41) is 21.0.